The average molecular weight is 568 g/mol. The molecule has 0 spiro atoms. The molecule has 1 aliphatic heterocycles. The number of rotatable bonds is 10. The molecule has 2 atom stereocenters. The van der Waals surface area contributed by atoms with Gasteiger partial charge in [-0.3, -0.25) is 9.59 Å². The van der Waals surface area contributed by atoms with Crippen LogP contribution < -0.4 is 15.5 Å². The van der Waals surface area contributed by atoms with E-state index in [1.54, 1.807) is 11.8 Å². The van der Waals surface area contributed by atoms with E-state index in [0.717, 1.165) is 33.5 Å². The smallest absolute Gasteiger partial charge is 0.249 e. The van der Waals surface area contributed by atoms with Crippen LogP contribution in [-0.2, 0) is 22.6 Å². The molecular weight excluding hydrogens is 530 g/mol. The van der Waals surface area contributed by atoms with Gasteiger partial charge in [-0.15, -0.1) is 5.10 Å². The van der Waals surface area contributed by atoms with Crippen LogP contribution in [-0.4, -0.2) is 61.8 Å². The lowest BCUT2D eigenvalue weighted by atomic mass is 9.96. The largest absolute Gasteiger partial charge is 0.392 e. The van der Waals surface area contributed by atoms with Crippen LogP contribution >= 0.6 is 0 Å². The lowest BCUT2D eigenvalue weighted by Gasteiger charge is -2.29. The summed E-state index contributed by atoms with van der Waals surface area (Å²) in [6, 6.07) is 23.3. The standard InChI is InChI=1S/C32H37N7O3/c1-21(40)19-33-32(2,3)18-29(41)34-27-16-14-24-11-7-8-12-28(24)39(31(27)42)20-22-13-15-25(23-9-5-4-6-10-23)26(17-22)30-35-37-38-36-30/h4-13,15,17,21,27,33,40H,14,16,18-20H2,1-3H3,(H,34,41)(H,35,36,37,38)/t21-,27-/m1/s1. The normalized spacial score (nSPS) is 16.0. The molecular formula is C32H37N7O3. The number of tetrazole rings is 1. The second-order valence-corrected chi connectivity index (χ2v) is 11.5. The highest BCUT2D eigenvalue weighted by atomic mass is 16.3. The number of aliphatic hydroxyl groups excluding tert-OH is 1. The molecule has 3 aromatic carbocycles. The van der Waals surface area contributed by atoms with E-state index >= 15 is 0 Å². The topological polar surface area (TPSA) is 136 Å². The van der Waals surface area contributed by atoms with Crippen LogP contribution in [0.3, 0.4) is 0 Å². The number of H-pyrrole nitrogens is 1. The number of nitrogens with zero attached hydrogens (tertiary/aromatic N) is 4. The molecule has 0 unspecified atom stereocenters. The number of aryl methyl sites for hydroxylation is 1. The first-order valence-electron chi connectivity index (χ1n) is 14.2. The molecule has 42 heavy (non-hydrogen) atoms. The average Bonchev–Trinajstić information content (AvgIpc) is 3.48. The van der Waals surface area contributed by atoms with E-state index in [1.807, 2.05) is 86.6 Å². The first kappa shape index (κ1) is 29.1. The van der Waals surface area contributed by atoms with Gasteiger partial charge in [-0.1, -0.05) is 60.7 Å². The maximum Gasteiger partial charge on any atom is 0.249 e. The number of aliphatic hydroxyl groups is 1. The number of carbonyl (C=O) groups excluding carboxylic acids is 2. The molecule has 2 heterocycles. The molecule has 0 fully saturated rings. The second kappa shape index (κ2) is 12.6. The molecule has 5 rings (SSSR count). The predicted molar refractivity (Wildman–Crippen MR) is 161 cm³/mol. The summed E-state index contributed by atoms with van der Waals surface area (Å²) in [5.74, 6) is 0.169. The molecule has 4 N–H and O–H groups in total. The Morgan fingerprint density at radius 1 is 1.10 bits per heavy atom. The molecule has 4 aromatic rings. The van der Waals surface area contributed by atoms with Crippen molar-refractivity contribution >= 4 is 17.5 Å². The Hall–Kier alpha value is -4.41. The Bertz CT molecular complexity index is 1520. The Labute approximate surface area is 245 Å². The van der Waals surface area contributed by atoms with Gasteiger partial charge in [0, 0.05) is 29.8 Å². The van der Waals surface area contributed by atoms with Crippen LogP contribution in [0.25, 0.3) is 22.5 Å². The summed E-state index contributed by atoms with van der Waals surface area (Å²) >= 11 is 0. The minimum atomic E-state index is -0.668. The summed E-state index contributed by atoms with van der Waals surface area (Å²) in [6.45, 7) is 6.20. The van der Waals surface area contributed by atoms with Crippen molar-refractivity contribution in [3.63, 3.8) is 0 Å². The molecule has 218 valence electrons. The minimum absolute atomic E-state index is 0.155. The van der Waals surface area contributed by atoms with Crippen molar-refractivity contribution in [2.24, 2.45) is 0 Å². The van der Waals surface area contributed by atoms with E-state index in [2.05, 4.69) is 31.3 Å². The molecule has 10 nitrogen and oxygen atoms in total. The Balaban J connectivity index is 1.42. The number of aromatic amines is 1. The fraction of sp³-hybridized carbons (Fsp3) is 0.344. The van der Waals surface area contributed by atoms with Crippen LogP contribution in [0.2, 0.25) is 0 Å². The van der Waals surface area contributed by atoms with Gasteiger partial charge in [-0.2, -0.15) is 0 Å². The Kier molecular flexibility index (Phi) is 8.75. The molecule has 1 aromatic heterocycles. The van der Waals surface area contributed by atoms with E-state index in [9.17, 15) is 14.7 Å². The van der Waals surface area contributed by atoms with Gasteiger partial charge in [0.15, 0.2) is 5.82 Å². The Morgan fingerprint density at radius 2 is 1.86 bits per heavy atom. The highest BCUT2D eigenvalue weighted by Gasteiger charge is 2.33. The van der Waals surface area contributed by atoms with Crippen molar-refractivity contribution in [3.8, 4) is 22.5 Å². The first-order chi connectivity index (χ1) is 20.2. The van der Waals surface area contributed by atoms with E-state index < -0.39 is 17.7 Å². The van der Waals surface area contributed by atoms with Crippen LogP contribution in [0.5, 0.6) is 0 Å². The first-order valence-corrected chi connectivity index (χ1v) is 14.2. The lowest BCUT2D eigenvalue weighted by Crippen LogP contribution is -2.51. The number of fused-ring (bicyclic) bond motifs is 1. The van der Waals surface area contributed by atoms with Gasteiger partial charge in [-0.05, 0) is 78.4 Å². The van der Waals surface area contributed by atoms with Crippen molar-refractivity contribution < 1.29 is 14.7 Å². The fourth-order valence-corrected chi connectivity index (χ4v) is 5.36. The third kappa shape index (κ3) is 6.89. The number of hydrogen-bond acceptors (Lipinski definition) is 7. The zero-order chi connectivity index (χ0) is 29.7. The van der Waals surface area contributed by atoms with Gasteiger partial charge in [0.1, 0.15) is 6.04 Å². The number of amides is 2. The summed E-state index contributed by atoms with van der Waals surface area (Å²) in [4.78, 5) is 28.9. The summed E-state index contributed by atoms with van der Waals surface area (Å²) < 4.78 is 0. The number of nitrogens with one attached hydrogen (secondary N) is 3. The third-order valence-corrected chi connectivity index (χ3v) is 7.47. The van der Waals surface area contributed by atoms with Crippen molar-refractivity contribution in [2.75, 3.05) is 11.4 Å². The van der Waals surface area contributed by atoms with Crippen LogP contribution in [0, 0.1) is 0 Å². The number of β-amino-alcohol motifs (C(OH)–C–C–N with tert-alkyl or cyclic N) is 1. The highest BCUT2D eigenvalue weighted by Crippen LogP contribution is 2.33. The maximum absolute atomic E-state index is 14.1. The van der Waals surface area contributed by atoms with Crippen LogP contribution in [0.1, 0.15) is 44.7 Å². The number of aromatic nitrogens is 4. The monoisotopic (exact) mass is 567 g/mol. The number of benzene rings is 3. The van der Waals surface area contributed by atoms with E-state index in [-0.39, 0.29) is 18.2 Å². The maximum atomic E-state index is 14.1. The zero-order valence-electron chi connectivity index (χ0n) is 24.2. The molecule has 0 aliphatic carbocycles. The van der Waals surface area contributed by atoms with E-state index in [4.69, 9.17) is 0 Å². The van der Waals surface area contributed by atoms with Gasteiger partial charge in [0.2, 0.25) is 11.8 Å². The Morgan fingerprint density at radius 3 is 2.60 bits per heavy atom. The van der Waals surface area contributed by atoms with Crippen LogP contribution in [0.4, 0.5) is 5.69 Å². The quantitative estimate of drug-likeness (QED) is 0.230. The van der Waals surface area contributed by atoms with Gasteiger partial charge in [-0.25, -0.2) is 5.10 Å². The summed E-state index contributed by atoms with van der Waals surface area (Å²) in [7, 11) is 0. The minimum Gasteiger partial charge on any atom is -0.392 e. The van der Waals surface area contributed by atoms with Crippen molar-refractivity contribution in [3.05, 3.63) is 83.9 Å². The molecule has 2 amide bonds. The summed E-state index contributed by atoms with van der Waals surface area (Å²) in [5, 5.41) is 30.4. The lowest BCUT2D eigenvalue weighted by molar-refractivity contribution is -0.128. The second-order valence-electron chi connectivity index (χ2n) is 11.5. The number of para-hydroxylation sites is 1. The van der Waals surface area contributed by atoms with Gasteiger partial charge < -0.3 is 20.6 Å². The number of carbonyl (C=O) groups is 2. The van der Waals surface area contributed by atoms with Crippen molar-refractivity contribution in [1.82, 2.24) is 31.3 Å². The molecule has 0 saturated heterocycles. The molecule has 0 radical (unpaired) electrons. The van der Waals surface area contributed by atoms with Gasteiger partial charge in [0.05, 0.1) is 12.6 Å². The van der Waals surface area contributed by atoms with Crippen molar-refractivity contribution in [2.45, 2.75) is 64.3 Å². The number of hydrogen-bond donors (Lipinski definition) is 4. The SMILES string of the molecule is C[C@@H](O)CNC(C)(C)CC(=O)N[C@@H]1CCc2ccccc2N(Cc2ccc(-c3ccccc3)c(-c3nnn[nH]3)c2)C1=O. The summed E-state index contributed by atoms with van der Waals surface area (Å²) in [6.07, 6.45) is 0.813. The molecule has 0 saturated carbocycles. The third-order valence-electron chi connectivity index (χ3n) is 7.47. The molecule has 1 aliphatic rings. The predicted octanol–water partition coefficient (Wildman–Crippen LogP) is 3.64. The van der Waals surface area contributed by atoms with Gasteiger partial charge in [0.25, 0.3) is 0 Å². The summed E-state index contributed by atoms with van der Waals surface area (Å²) in [5.41, 5.74) is 5.09. The van der Waals surface area contributed by atoms with Gasteiger partial charge >= 0.3 is 0 Å². The van der Waals surface area contributed by atoms with Crippen molar-refractivity contribution in [1.29, 1.82) is 0 Å². The van der Waals surface area contributed by atoms with E-state index in [1.165, 1.54) is 0 Å². The molecule has 0 bridgehead atoms. The molecule has 10 heteroatoms. The van der Waals surface area contributed by atoms with E-state index in [0.29, 0.717) is 31.8 Å². The van der Waals surface area contributed by atoms with Crippen LogP contribution in [0.15, 0.2) is 72.8 Å². The zero-order valence-corrected chi connectivity index (χ0v) is 24.2. The fourth-order valence-electron chi connectivity index (χ4n) is 5.36. The number of anilines is 1. The highest BCUT2D eigenvalue weighted by molar-refractivity contribution is 6.00.